The fourth-order valence-corrected chi connectivity index (χ4v) is 1.74. The van der Waals surface area contributed by atoms with E-state index in [0.29, 0.717) is 17.1 Å². The number of pyridine rings is 1. The van der Waals surface area contributed by atoms with Gasteiger partial charge in [-0.1, -0.05) is 18.3 Å². The molecular weight excluding hydrogens is 249 g/mol. The van der Waals surface area contributed by atoms with E-state index in [2.05, 4.69) is 10.3 Å². The summed E-state index contributed by atoms with van der Waals surface area (Å²) in [6, 6.07) is 8.10. The van der Waals surface area contributed by atoms with Crippen molar-refractivity contribution in [1.82, 2.24) is 4.98 Å². The number of hydrogen-bond acceptors (Lipinski definition) is 3. The highest BCUT2D eigenvalue weighted by Crippen LogP contribution is 2.23. The lowest BCUT2D eigenvalue weighted by atomic mass is 10.2. The summed E-state index contributed by atoms with van der Waals surface area (Å²) in [4.78, 5) is 4.31. The van der Waals surface area contributed by atoms with Crippen molar-refractivity contribution < 1.29 is 4.39 Å². The Bertz CT molecular complexity index is 599. The minimum Gasteiger partial charge on any atom is -0.388 e. The van der Waals surface area contributed by atoms with E-state index in [1.54, 1.807) is 24.4 Å². The molecule has 0 unspecified atom stereocenters. The van der Waals surface area contributed by atoms with Gasteiger partial charge < -0.3 is 11.1 Å². The molecule has 0 aliphatic rings. The molecule has 0 spiro atoms. The van der Waals surface area contributed by atoms with Gasteiger partial charge in [-0.25, -0.2) is 4.39 Å². The molecule has 1 aromatic carbocycles. The number of rotatable bonds is 3. The third-order valence-corrected chi connectivity index (χ3v) is 2.70. The standard InChI is InChI=1S/C13H12FN3S/c1-8-4-5-9(14)7-11(8)17-10-3-2-6-16-12(10)13(15)18/h2-7,17H,1H3,(H2,15,18). The molecule has 0 atom stereocenters. The van der Waals surface area contributed by atoms with Gasteiger partial charge in [0.05, 0.1) is 5.69 Å². The van der Waals surface area contributed by atoms with Crippen molar-refractivity contribution in [3.63, 3.8) is 0 Å². The van der Waals surface area contributed by atoms with Gasteiger partial charge in [-0.15, -0.1) is 0 Å². The highest BCUT2D eigenvalue weighted by molar-refractivity contribution is 7.80. The lowest BCUT2D eigenvalue weighted by Crippen LogP contribution is -2.14. The Morgan fingerprint density at radius 2 is 2.11 bits per heavy atom. The molecule has 92 valence electrons. The van der Waals surface area contributed by atoms with Crippen molar-refractivity contribution in [2.24, 2.45) is 5.73 Å². The predicted octanol–water partition coefficient (Wildman–Crippen LogP) is 2.91. The van der Waals surface area contributed by atoms with Crippen LogP contribution in [0.2, 0.25) is 0 Å². The van der Waals surface area contributed by atoms with Gasteiger partial charge >= 0.3 is 0 Å². The molecule has 0 saturated heterocycles. The number of nitrogens with zero attached hydrogens (tertiary/aromatic N) is 1. The van der Waals surface area contributed by atoms with Crippen molar-refractivity contribution in [3.8, 4) is 0 Å². The van der Waals surface area contributed by atoms with Crippen molar-refractivity contribution >= 4 is 28.6 Å². The van der Waals surface area contributed by atoms with Crippen LogP contribution in [0.25, 0.3) is 0 Å². The third-order valence-electron chi connectivity index (χ3n) is 2.51. The fraction of sp³-hybridized carbons (Fsp3) is 0.0769. The van der Waals surface area contributed by atoms with Crippen LogP contribution in [0.3, 0.4) is 0 Å². The van der Waals surface area contributed by atoms with Crippen LogP contribution in [0.1, 0.15) is 11.3 Å². The molecule has 0 aliphatic heterocycles. The lowest BCUT2D eigenvalue weighted by molar-refractivity contribution is 0.628. The number of benzene rings is 1. The monoisotopic (exact) mass is 261 g/mol. The Hall–Kier alpha value is -2.01. The zero-order valence-corrected chi connectivity index (χ0v) is 10.6. The zero-order chi connectivity index (χ0) is 13.1. The molecule has 3 nitrogen and oxygen atoms in total. The van der Waals surface area contributed by atoms with Crippen LogP contribution < -0.4 is 11.1 Å². The molecule has 0 bridgehead atoms. The van der Waals surface area contributed by atoms with Crippen LogP contribution >= 0.6 is 12.2 Å². The maximum Gasteiger partial charge on any atom is 0.125 e. The van der Waals surface area contributed by atoms with Gasteiger partial charge in [0.25, 0.3) is 0 Å². The molecule has 5 heteroatoms. The smallest absolute Gasteiger partial charge is 0.125 e. The third kappa shape index (κ3) is 2.62. The van der Waals surface area contributed by atoms with Gasteiger partial charge in [0, 0.05) is 11.9 Å². The van der Waals surface area contributed by atoms with E-state index < -0.39 is 0 Å². The van der Waals surface area contributed by atoms with Crippen LogP contribution in [-0.2, 0) is 0 Å². The minimum atomic E-state index is -0.302. The Morgan fingerprint density at radius 1 is 1.33 bits per heavy atom. The summed E-state index contributed by atoms with van der Waals surface area (Å²) in [5, 5.41) is 3.09. The van der Waals surface area contributed by atoms with Crippen LogP contribution in [0.15, 0.2) is 36.5 Å². The second-order valence-corrected chi connectivity index (χ2v) is 4.29. The summed E-state index contributed by atoms with van der Waals surface area (Å²) < 4.78 is 13.2. The molecule has 2 rings (SSSR count). The number of thiocarbonyl (C=S) groups is 1. The largest absolute Gasteiger partial charge is 0.388 e. The predicted molar refractivity (Wildman–Crippen MR) is 74.5 cm³/mol. The van der Waals surface area contributed by atoms with E-state index in [1.165, 1.54) is 12.1 Å². The van der Waals surface area contributed by atoms with Gasteiger partial charge in [0.2, 0.25) is 0 Å². The number of aryl methyl sites for hydroxylation is 1. The van der Waals surface area contributed by atoms with Crippen LogP contribution in [0.5, 0.6) is 0 Å². The van der Waals surface area contributed by atoms with Crippen molar-refractivity contribution in [2.75, 3.05) is 5.32 Å². The summed E-state index contributed by atoms with van der Waals surface area (Å²) in [7, 11) is 0. The average molecular weight is 261 g/mol. The number of hydrogen-bond donors (Lipinski definition) is 2. The number of anilines is 2. The second-order valence-electron chi connectivity index (χ2n) is 3.85. The average Bonchev–Trinajstić information content (AvgIpc) is 2.34. The molecule has 0 amide bonds. The summed E-state index contributed by atoms with van der Waals surface area (Å²) >= 11 is 4.93. The first kappa shape index (κ1) is 12.4. The Morgan fingerprint density at radius 3 is 2.83 bits per heavy atom. The topological polar surface area (TPSA) is 50.9 Å². The van der Waals surface area contributed by atoms with E-state index >= 15 is 0 Å². The summed E-state index contributed by atoms with van der Waals surface area (Å²) in [5.74, 6) is -0.302. The number of halogens is 1. The van der Waals surface area contributed by atoms with Gasteiger partial charge in [0.1, 0.15) is 16.5 Å². The Labute approximate surface area is 110 Å². The summed E-state index contributed by atoms with van der Waals surface area (Å²) in [6.45, 7) is 1.89. The second kappa shape index (κ2) is 5.10. The molecule has 2 aromatic rings. The van der Waals surface area contributed by atoms with Crippen molar-refractivity contribution in [2.45, 2.75) is 6.92 Å². The molecular formula is C13H12FN3S. The van der Waals surface area contributed by atoms with Gasteiger partial charge in [-0.3, -0.25) is 4.98 Å². The quantitative estimate of drug-likeness (QED) is 0.834. The molecule has 18 heavy (non-hydrogen) atoms. The van der Waals surface area contributed by atoms with E-state index in [1.807, 2.05) is 6.92 Å². The molecule has 0 aliphatic carbocycles. The number of nitrogens with one attached hydrogen (secondary N) is 1. The van der Waals surface area contributed by atoms with Crippen LogP contribution in [0.4, 0.5) is 15.8 Å². The molecule has 1 aromatic heterocycles. The lowest BCUT2D eigenvalue weighted by Gasteiger charge is -2.12. The highest BCUT2D eigenvalue weighted by atomic mass is 32.1. The molecule has 3 N–H and O–H groups in total. The Balaban J connectivity index is 2.40. The van der Waals surface area contributed by atoms with E-state index in [4.69, 9.17) is 18.0 Å². The summed E-state index contributed by atoms with van der Waals surface area (Å²) in [6.07, 6.45) is 1.61. The zero-order valence-electron chi connectivity index (χ0n) is 9.77. The molecule has 0 saturated carbocycles. The van der Waals surface area contributed by atoms with Crippen molar-refractivity contribution in [1.29, 1.82) is 0 Å². The van der Waals surface area contributed by atoms with E-state index in [0.717, 1.165) is 5.56 Å². The van der Waals surface area contributed by atoms with Gasteiger partial charge in [-0.05, 0) is 36.8 Å². The van der Waals surface area contributed by atoms with Crippen LogP contribution in [-0.4, -0.2) is 9.97 Å². The normalized spacial score (nSPS) is 10.1. The summed E-state index contributed by atoms with van der Waals surface area (Å²) in [5.41, 5.74) is 8.35. The first-order valence-corrected chi connectivity index (χ1v) is 5.77. The first-order valence-electron chi connectivity index (χ1n) is 5.36. The first-order chi connectivity index (χ1) is 8.58. The highest BCUT2D eigenvalue weighted by Gasteiger charge is 2.08. The maximum atomic E-state index is 13.2. The van der Waals surface area contributed by atoms with Crippen LogP contribution in [0, 0.1) is 12.7 Å². The maximum absolute atomic E-state index is 13.2. The number of nitrogens with two attached hydrogens (primary N) is 1. The number of aromatic nitrogens is 1. The molecule has 0 radical (unpaired) electrons. The van der Waals surface area contributed by atoms with Gasteiger partial charge in [0.15, 0.2) is 0 Å². The Kier molecular flexibility index (Phi) is 3.53. The van der Waals surface area contributed by atoms with E-state index in [-0.39, 0.29) is 10.8 Å². The van der Waals surface area contributed by atoms with Crippen molar-refractivity contribution in [3.05, 3.63) is 53.6 Å². The minimum absolute atomic E-state index is 0.201. The van der Waals surface area contributed by atoms with Gasteiger partial charge in [-0.2, -0.15) is 0 Å². The molecule has 1 heterocycles. The SMILES string of the molecule is Cc1ccc(F)cc1Nc1cccnc1C(N)=S. The fourth-order valence-electron chi connectivity index (χ4n) is 1.58. The van der Waals surface area contributed by atoms with E-state index in [9.17, 15) is 4.39 Å². The molecule has 0 fully saturated rings.